The molecule has 3 heteroatoms. The van der Waals surface area contributed by atoms with E-state index < -0.39 is 0 Å². The van der Waals surface area contributed by atoms with Crippen molar-refractivity contribution in [1.29, 1.82) is 0 Å². The van der Waals surface area contributed by atoms with E-state index in [1.807, 2.05) is 0 Å². The first kappa shape index (κ1) is 12.7. The lowest BCUT2D eigenvalue weighted by Gasteiger charge is -2.24. The maximum atomic E-state index is 6.17. The molecule has 0 radical (unpaired) electrons. The van der Waals surface area contributed by atoms with Crippen LogP contribution in [0.5, 0.6) is 5.75 Å². The van der Waals surface area contributed by atoms with Gasteiger partial charge in [0.25, 0.3) is 0 Å². The van der Waals surface area contributed by atoms with Gasteiger partial charge < -0.3 is 10.5 Å². The normalized spacial score (nSPS) is 18.1. The smallest absolute Gasteiger partial charge is 0.122 e. The Labute approximate surface area is 118 Å². The molecule has 1 aromatic carbocycles. The Morgan fingerprint density at radius 1 is 1.32 bits per heavy atom. The number of ether oxygens (including phenoxy) is 1. The molecule has 3 rings (SSSR count). The first-order chi connectivity index (χ1) is 9.34. The lowest BCUT2D eigenvalue weighted by molar-refractivity contribution is 0.316. The minimum atomic E-state index is 0.184. The summed E-state index contributed by atoms with van der Waals surface area (Å²) in [6.45, 7) is 0.739. The van der Waals surface area contributed by atoms with Crippen molar-refractivity contribution in [2.45, 2.75) is 31.7 Å². The van der Waals surface area contributed by atoms with Crippen LogP contribution >= 0.6 is 11.3 Å². The monoisotopic (exact) mass is 273 g/mol. The van der Waals surface area contributed by atoms with E-state index in [1.54, 1.807) is 11.3 Å². The third kappa shape index (κ3) is 2.82. The standard InChI is InChI=1S/C16H19NOS/c17-15-5-1-4-14-13(15)3-2-6-16(14)18-9-7-12-8-10-19-11-12/h2-3,6,8,10-11,15H,1,4-5,7,9,17H2. The fourth-order valence-corrected chi connectivity index (χ4v) is 3.40. The Morgan fingerprint density at radius 3 is 3.11 bits per heavy atom. The van der Waals surface area contributed by atoms with Crippen LogP contribution in [0, 0.1) is 0 Å². The van der Waals surface area contributed by atoms with Crippen molar-refractivity contribution in [3.8, 4) is 5.75 Å². The maximum absolute atomic E-state index is 6.17. The van der Waals surface area contributed by atoms with E-state index in [1.165, 1.54) is 23.1 Å². The highest BCUT2D eigenvalue weighted by molar-refractivity contribution is 7.07. The summed E-state index contributed by atoms with van der Waals surface area (Å²) in [4.78, 5) is 0. The second-order valence-electron chi connectivity index (χ2n) is 5.05. The van der Waals surface area contributed by atoms with Gasteiger partial charge in [0.15, 0.2) is 0 Å². The van der Waals surface area contributed by atoms with Crippen LogP contribution in [0.3, 0.4) is 0 Å². The molecule has 1 unspecified atom stereocenters. The molecule has 0 saturated heterocycles. The van der Waals surface area contributed by atoms with Crippen LogP contribution in [0.15, 0.2) is 35.0 Å². The fraction of sp³-hybridized carbons (Fsp3) is 0.375. The van der Waals surface area contributed by atoms with Crippen LogP contribution in [0.25, 0.3) is 0 Å². The number of rotatable bonds is 4. The van der Waals surface area contributed by atoms with E-state index in [0.717, 1.165) is 31.6 Å². The molecular formula is C16H19NOS. The SMILES string of the molecule is NC1CCCc2c(OCCc3ccsc3)cccc21. The number of fused-ring (bicyclic) bond motifs is 1. The zero-order valence-electron chi connectivity index (χ0n) is 11.0. The Hall–Kier alpha value is -1.32. The first-order valence-corrected chi connectivity index (χ1v) is 7.80. The molecule has 100 valence electrons. The predicted octanol–water partition coefficient (Wildman–Crippen LogP) is 3.71. The number of thiophene rings is 1. The van der Waals surface area contributed by atoms with E-state index in [-0.39, 0.29) is 6.04 Å². The fourth-order valence-electron chi connectivity index (χ4n) is 2.70. The molecule has 0 amide bonds. The van der Waals surface area contributed by atoms with Gasteiger partial charge in [0.05, 0.1) is 6.61 Å². The largest absolute Gasteiger partial charge is 0.493 e. The van der Waals surface area contributed by atoms with Crippen molar-refractivity contribution in [2.75, 3.05) is 6.61 Å². The molecule has 19 heavy (non-hydrogen) atoms. The first-order valence-electron chi connectivity index (χ1n) is 6.86. The molecule has 0 saturated carbocycles. The highest BCUT2D eigenvalue weighted by atomic mass is 32.1. The molecule has 1 heterocycles. The molecule has 1 aliphatic carbocycles. The van der Waals surface area contributed by atoms with Crippen molar-refractivity contribution >= 4 is 11.3 Å². The van der Waals surface area contributed by atoms with Gasteiger partial charge in [-0.3, -0.25) is 0 Å². The van der Waals surface area contributed by atoms with Crippen LogP contribution < -0.4 is 10.5 Å². The number of hydrogen-bond donors (Lipinski definition) is 1. The summed E-state index contributed by atoms with van der Waals surface area (Å²) >= 11 is 1.74. The van der Waals surface area contributed by atoms with E-state index in [0.29, 0.717) is 0 Å². The minimum Gasteiger partial charge on any atom is -0.493 e. The van der Waals surface area contributed by atoms with Crippen molar-refractivity contribution in [2.24, 2.45) is 5.73 Å². The van der Waals surface area contributed by atoms with Crippen LogP contribution in [-0.4, -0.2) is 6.61 Å². The van der Waals surface area contributed by atoms with E-state index in [9.17, 15) is 0 Å². The van der Waals surface area contributed by atoms with Gasteiger partial charge in [0.2, 0.25) is 0 Å². The zero-order valence-corrected chi connectivity index (χ0v) is 11.8. The van der Waals surface area contributed by atoms with Gasteiger partial charge in [-0.1, -0.05) is 12.1 Å². The summed E-state index contributed by atoms with van der Waals surface area (Å²) < 4.78 is 5.98. The van der Waals surface area contributed by atoms with Gasteiger partial charge in [-0.05, 0) is 58.8 Å². The predicted molar refractivity (Wildman–Crippen MR) is 79.8 cm³/mol. The maximum Gasteiger partial charge on any atom is 0.122 e. The topological polar surface area (TPSA) is 35.2 Å². The molecule has 2 N–H and O–H groups in total. The van der Waals surface area contributed by atoms with Crippen LogP contribution in [-0.2, 0) is 12.8 Å². The van der Waals surface area contributed by atoms with E-state index in [2.05, 4.69) is 35.0 Å². The molecule has 0 aliphatic heterocycles. The molecule has 0 fully saturated rings. The quantitative estimate of drug-likeness (QED) is 0.921. The summed E-state index contributed by atoms with van der Waals surface area (Å²) in [6.07, 6.45) is 4.32. The third-order valence-corrected chi connectivity index (χ3v) is 4.47. The summed E-state index contributed by atoms with van der Waals surface area (Å²) in [5, 5.41) is 4.29. The summed E-state index contributed by atoms with van der Waals surface area (Å²) in [5.74, 6) is 1.03. The number of nitrogens with two attached hydrogens (primary N) is 1. The van der Waals surface area contributed by atoms with Gasteiger partial charge in [-0.2, -0.15) is 11.3 Å². The van der Waals surface area contributed by atoms with Crippen molar-refractivity contribution in [3.05, 3.63) is 51.7 Å². The Bertz CT molecular complexity index is 536. The minimum absolute atomic E-state index is 0.184. The molecule has 0 bridgehead atoms. The third-order valence-electron chi connectivity index (χ3n) is 3.74. The Kier molecular flexibility index (Phi) is 3.85. The van der Waals surface area contributed by atoms with Crippen LogP contribution in [0.4, 0.5) is 0 Å². The van der Waals surface area contributed by atoms with Crippen molar-refractivity contribution < 1.29 is 4.74 Å². The average Bonchev–Trinajstić information content (AvgIpc) is 2.93. The van der Waals surface area contributed by atoms with Crippen LogP contribution in [0.1, 0.15) is 35.6 Å². The molecule has 1 atom stereocenters. The molecular weight excluding hydrogens is 254 g/mol. The van der Waals surface area contributed by atoms with Gasteiger partial charge >= 0.3 is 0 Å². The lowest BCUT2D eigenvalue weighted by Crippen LogP contribution is -2.18. The summed E-state index contributed by atoms with van der Waals surface area (Å²) in [7, 11) is 0. The van der Waals surface area contributed by atoms with E-state index in [4.69, 9.17) is 10.5 Å². The molecule has 2 aromatic rings. The Balaban J connectivity index is 1.69. The summed E-state index contributed by atoms with van der Waals surface area (Å²) in [6, 6.07) is 8.62. The van der Waals surface area contributed by atoms with Crippen LogP contribution in [0.2, 0.25) is 0 Å². The second-order valence-corrected chi connectivity index (χ2v) is 5.83. The Morgan fingerprint density at radius 2 is 2.26 bits per heavy atom. The summed E-state index contributed by atoms with van der Waals surface area (Å²) in [5.41, 5.74) is 10.1. The number of hydrogen-bond acceptors (Lipinski definition) is 3. The highest BCUT2D eigenvalue weighted by Gasteiger charge is 2.19. The average molecular weight is 273 g/mol. The van der Waals surface area contributed by atoms with Crippen molar-refractivity contribution in [1.82, 2.24) is 0 Å². The molecule has 2 nitrogen and oxygen atoms in total. The second kappa shape index (κ2) is 5.76. The highest BCUT2D eigenvalue weighted by Crippen LogP contribution is 2.34. The van der Waals surface area contributed by atoms with Gasteiger partial charge in [0, 0.05) is 12.5 Å². The van der Waals surface area contributed by atoms with Gasteiger partial charge in [0.1, 0.15) is 5.75 Å². The van der Waals surface area contributed by atoms with Crippen molar-refractivity contribution in [3.63, 3.8) is 0 Å². The molecule has 1 aromatic heterocycles. The lowest BCUT2D eigenvalue weighted by atomic mass is 9.87. The van der Waals surface area contributed by atoms with E-state index >= 15 is 0 Å². The van der Waals surface area contributed by atoms with Gasteiger partial charge in [-0.25, -0.2) is 0 Å². The zero-order chi connectivity index (χ0) is 13.1. The molecule has 1 aliphatic rings. The van der Waals surface area contributed by atoms with Gasteiger partial charge in [-0.15, -0.1) is 0 Å². The number of benzene rings is 1. The molecule has 0 spiro atoms.